The van der Waals surface area contributed by atoms with Crippen molar-refractivity contribution < 1.29 is 0 Å². The second-order valence-electron chi connectivity index (χ2n) is 4.26. The van der Waals surface area contributed by atoms with E-state index in [1.54, 1.807) is 0 Å². The Labute approximate surface area is 95.6 Å². The van der Waals surface area contributed by atoms with Crippen molar-refractivity contribution in [2.24, 2.45) is 17.8 Å². The highest BCUT2D eigenvalue weighted by atomic mass is 127. The standard InChI is InChI=1S/C12H19I/c1-5-10-7-12(13)9(4)6-11(10)8(2)3/h6-8,10-11H,5H2,1-4H3/t10?,11-/m1/s1. The first-order chi connectivity index (χ1) is 6.06. The Morgan fingerprint density at radius 3 is 2.46 bits per heavy atom. The summed E-state index contributed by atoms with van der Waals surface area (Å²) in [6, 6.07) is 0. The fourth-order valence-corrected chi connectivity index (χ4v) is 2.64. The smallest absolute Gasteiger partial charge is 0.0119 e. The van der Waals surface area contributed by atoms with Crippen LogP contribution in [0, 0.1) is 17.8 Å². The summed E-state index contributed by atoms with van der Waals surface area (Å²) >= 11 is 2.45. The molecule has 0 aliphatic heterocycles. The quantitative estimate of drug-likeness (QED) is 0.654. The van der Waals surface area contributed by atoms with Crippen LogP contribution in [0.25, 0.3) is 0 Å². The molecule has 0 N–H and O–H groups in total. The highest BCUT2D eigenvalue weighted by molar-refractivity contribution is 14.1. The number of halogens is 1. The van der Waals surface area contributed by atoms with Gasteiger partial charge in [-0.3, -0.25) is 0 Å². The largest absolute Gasteiger partial charge is 0.0766 e. The van der Waals surface area contributed by atoms with Crippen LogP contribution in [-0.4, -0.2) is 0 Å². The van der Waals surface area contributed by atoms with Gasteiger partial charge >= 0.3 is 0 Å². The zero-order valence-electron chi connectivity index (χ0n) is 8.97. The van der Waals surface area contributed by atoms with Crippen LogP contribution in [0.4, 0.5) is 0 Å². The Morgan fingerprint density at radius 2 is 2.00 bits per heavy atom. The molecule has 0 heterocycles. The molecule has 0 nitrogen and oxygen atoms in total. The number of rotatable bonds is 2. The van der Waals surface area contributed by atoms with E-state index in [0.29, 0.717) is 0 Å². The lowest BCUT2D eigenvalue weighted by Gasteiger charge is -2.29. The van der Waals surface area contributed by atoms with Crippen molar-refractivity contribution in [2.75, 3.05) is 0 Å². The van der Waals surface area contributed by atoms with Gasteiger partial charge < -0.3 is 0 Å². The van der Waals surface area contributed by atoms with Crippen molar-refractivity contribution in [3.8, 4) is 0 Å². The van der Waals surface area contributed by atoms with E-state index in [4.69, 9.17) is 0 Å². The average Bonchev–Trinajstić information content (AvgIpc) is 2.08. The molecule has 0 amide bonds. The number of allylic oxidation sites excluding steroid dienone is 4. The molecule has 1 rings (SSSR count). The molecule has 1 aliphatic carbocycles. The summed E-state index contributed by atoms with van der Waals surface area (Å²) in [5.74, 6) is 2.28. The molecule has 0 aromatic carbocycles. The molecule has 0 saturated carbocycles. The first-order valence-electron chi connectivity index (χ1n) is 5.12. The minimum atomic E-state index is 0.753. The number of hydrogen-bond acceptors (Lipinski definition) is 0. The molecule has 0 radical (unpaired) electrons. The molecule has 0 spiro atoms. The van der Waals surface area contributed by atoms with Crippen molar-refractivity contribution in [1.82, 2.24) is 0 Å². The van der Waals surface area contributed by atoms with Gasteiger partial charge in [-0.05, 0) is 59.3 Å². The molecule has 1 unspecified atom stereocenters. The third kappa shape index (κ3) is 2.58. The maximum Gasteiger partial charge on any atom is 0.0119 e. The lowest BCUT2D eigenvalue weighted by Crippen LogP contribution is -2.19. The van der Waals surface area contributed by atoms with Crippen LogP contribution < -0.4 is 0 Å². The van der Waals surface area contributed by atoms with Gasteiger partial charge in [-0.1, -0.05) is 32.9 Å². The Balaban J connectivity index is 2.87. The van der Waals surface area contributed by atoms with Gasteiger partial charge in [0.05, 0.1) is 0 Å². The molecule has 0 fully saturated rings. The molecular weight excluding hydrogens is 271 g/mol. The Hall–Kier alpha value is 0.210. The maximum atomic E-state index is 2.46. The third-order valence-corrected chi connectivity index (χ3v) is 4.13. The summed E-state index contributed by atoms with van der Waals surface area (Å²) in [4.78, 5) is 0. The van der Waals surface area contributed by atoms with E-state index in [1.807, 2.05) is 0 Å². The van der Waals surface area contributed by atoms with Gasteiger partial charge in [0.15, 0.2) is 0 Å². The SMILES string of the molecule is CCC1C=C(I)C(C)=C[C@@H]1C(C)C. The van der Waals surface area contributed by atoms with E-state index >= 15 is 0 Å². The van der Waals surface area contributed by atoms with Crippen LogP contribution in [0.3, 0.4) is 0 Å². The Kier molecular flexibility index (Phi) is 4.02. The Morgan fingerprint density at radius 1 is 1.38 bits per heavy atom. The molecular formula is C12H19I. The Bertz CT molecular complexity index is 236. The molecule has 1 aliphatic rings. The molecule has 0 saturated heterocycles. The second-order valence-corrected chi connectivity index (χ2v) is 5.42. The molecule has 0 aromatic heterocycles. The highest BCUT2D eigenvalue weighted by Gasteiger charge is 2.23. The predicted molar refractivity (Wildman–Crippen MR) is 68.0 cm³/mol. The number of hydrogen-bond donors (Lipinski definition) is 0. The zero-order valence-corrected chi connectivity index (χ0v) is 11.1. The summed E-state index contributed by atoms with van der Waals surface area (Å²) in [5, 5.41) is 0. The van der Waals surface area contributed by atoms with Crippen molar-refractivity contribution in [2.45, 2.75) is 34.1 Å². The topological polar surface area (TPSA) is 0 Å². The predicted octanol–water partition coefficient (Wildman–Crippen LogP) is 4.56. The summed E-state index contributed by atoms with van der Waals surface area (Å²) < 4.78 is 1.45. The van der Waals surface area contributed by atoms with Crippen LogP contribution in [0.5, 0.6) is 0 Å². The molecule has 1 heteroatoms. The summed E-state index contributed by atoms with van der Waals surface area (Å²) in [6.07, 6.45) is 6.17. The van der Waals surface area contributed by atoms with Gasteiger partial charge in [-0.2, -0.15) is 0 Å². The lowest BCUT2D eigenvalue weighted by molar-refractivity contribution is 0.351. The van der Waals surface area contributed by atoms with Gasteiger partial charge in [0.2, 0.25) is 0 Å². The van der Waals surface area contributed by atoms with Crippen LogP contribution >= 0.6 is 22.6 Å². The van der Waals surface area contributed by atoms with E-state index in [1.165, 1.54) is 15.6 Å². The van der Waals surface area contributed by atoms with Crippen molar-refractivity contribution in [3.05, 3.63) is 21.3 Å². The van der Waals surface area contributed by atoms with E-state index in [0.717, 1.165) is 17.8 Å². The molecule has 74 valence electrons. The van der Waals surface area contributed by atoms with Gasteiger partial charge in [0.1, 0.15) is 0 Å². The van der Waals surface area contributed by atoms with Crippen molar-refractivity contribution >= 4 is 22.6 Å². The van der Waals surface area contributed by atoms with Crippen molar-refractivity contribution in [3.63, 3.8) is 0 Å². The minimum Gasteiger partial charge on any atom is -0.0766 e. The minimum absolute atomic E-state index is 0.753. The normalized spacial score (nSPS) is 28.8. The first kappa shape index (κ1) is 11.3. The second kappa shape index (κ2) is 4.63. The molecule has 0 aromatic rings. The molecule has 13 heavy (non-hydrogen) atoms. The van der Waals surface area contributed by atoms with Gasteiger partial charge in [-0.25, -0.2) is 0 Å². The van der Waals surface area contributed by atoms with Gasteiger partial charge in [0, 0.05) is 3.58 Å². The third-order valence-electron chi connectivity index (χ3n) is 2.92. The summed E-state index contributed by atoms with van der Waals surface area (Å²) in [5.41, 5.74) is 1.46. The van der Waals surface area contributed by atoms with Crippen LogP contribution in [0.1, 0.15) is 34.1 Å². The summed E-state index contributed by atoms with van der Waals surface area (Å²) in [7, 11) is 0. The lowest BCUT2D eigenvalue weighted by atomic mass is 9.78. The average molecular weight is 290 g/mol. The van der Waals surface area contributed by atoms with Gasteiger partial charge in [0.25, 0.3) is 0 Å². The van der Waals surface area contributed by atoms with Crippen LogP contribution in [0.15, 0.2) is 21.3 Å². The molecule has 2 atom stereocenters. The fraction of sp³-hybridized carbons (Fsp3) is 0.667. The van der Waals surface area contributed by atoms with E-state index < -0.39 is 0 Å². The monoisotopic (exact) mass is 290 g/mol. The summed E-state index contributed by atoms with van der Waals surface area (Å²) in [6.45, 7) is 9.15. The van der Waals surface area contributed by atoms with Crippen LogP contribution in [-0.2, 0) is 0 Å². The molecule has 0 bridgehead atoms. The van der Waals surface area contributed by atoms with Crippen molar-refractivity contribution in [1.29, 1.82) is 0 Å². The zero-order chi connectivity index (χ0) is 10.0. The van der Waals surface area contributed by atoms with Crippen LogP contribution in [0.2, 0.25) is 0 Å². The fourth-order valence-electron chi connectivity index (χ4n) is 2.00. The first-order valence-corrected chi connectivity index (χ1v) is 6.20. The van der Waals surface area contributed by atoms with Gasteiger partial charge in [-0.15, -0.1) is 0 Å². The van der Waals surface area contributed by atoms with E-state index in [-0.39, 0.29) is 0 Å². The van der Waals surface area contributed by atoms with E-state index in [9.17, 15) is 0 Å². The maximum absolute atomic E-state index is 2.46. The highest BCUT2D eigenvalue weighted by Crippen LogP contribution is 2.36. The van der Waals surface area contributed by atoms with E-state index in [2.05, 4.69) is 62.4 Å².